The Morgan fingerprint density at radius 2 is 2.27 bits per heavy atom. The summed E-state index contributed by atoms with van der Waals surface area (Å²) < 4.78 is 13.8. The molecule has 1 fully saturated rings. The number of pyridine rings is 1. The van der Waals surface area contributed by atoms with E-state index < -0.39 is 5.82 Å². The number of anilines is 3. The fourth-order valence-electron chi connectivity index (χ4n) is 2.31. The number of hydrogen-bond donors (Lipinski definition) is 4. The van der Waals surface area contributed by atoms with Gasteiger partial charge in [-0.15, -0.1) is 0 Å². The van der Waals surface area contributed by atoms with E-state index in [1.807, 2.05) is 0 Å². The van der Waals surface area contributed by atoms with E-state index in [1.54, 1.807) is 12.1 Å². The van der Waals surface area contributed by atoms with Crippen LogP contribution in [0.1, 0.15) is 12.8 Å². The SMILES string of the molecule is Oc1ncccc1Nc1ncc(F)c(N[C@@H]2CCCNC2)n1. The second-order valence-electron chi connectivity index (χ2n) is 5.08. The third kappa shape index (κ3) is 3.40. The van der Waals surface area contributed by atoms with Gasteiger partial charge in [0.05, 0.1) is 6.20 Å². The molecule has 0 spiro atoms. The Morgan fingerprint density at radius 3 is 3.05 bits per heavy atom. The number of halogens is 1. The molecule has 1 atom stereocenters. The van der Waals surface area contributed by atoms with Gasteiger partial charge in [-0.3, -0.25) is 0 Å². The Labute approximate surface area is 127 Å². The molecule has 3 rings (SSSR count). The molecule has 2 aromatic heterocycles. The molecule has 0 radical (unpaired) electrons. The van der Waals surface area contributed by atoms with Crippen molar-refractivity contribution < 1.29 is 9.50 Å². The van der Waals surface area contributed by atoms with Crippen LogP contribution in [-0.4, -0.2) is 39.2 Å². The van der Waals surface area contributed by atoms with Crippen LogP contribution < -0.4 is 16.0 Å². The summed E-state index contributed by atoms with van der Waals surface area (Å²) in [7, 11) is 0. The molecule has 0 aliphatic carbocycles. The second-order valence-corrected chi connectivity index (χ2v) is 5.08. The van der Waals surface area contributed by atoms with Gasteiger partial charge in [0.25, 0.3) is 0 Å². The van der Waals surface area contributed by atoms with Crippen molar-refractivity contribution in [1.29, 1.82) is 0 Å². The number of rotatable bonds is 4. The first kappa shape index (κ1) is 14.5. The Balaban J connectivity index is 1.76. The summed E-state index contributed by atoms with van der Waals surface area (Å²) in [6.45, 7) is 1.76. The molecule has 1 aliphatic rings. The Kier molecular flexibility index (Phi) is 4.29. The van der Waals surface area contributed by atoms with Crippen LogP contribution in [0.25, 0.3) is 0 Å². The van der Waals surface area contributed by atoms with Gasteiger partial charge in [-0.25, -0.2) is 14.4 Å². The van der Waals surface area contributed by atoms with E-state index in [9.17, 15) is 9.50 Å². The lowest BCUT2D eigenvalue weighted by atomic mass is 10.1. The zero-order valence-corrected chi connectivity index (χ0v) is 11.9. The van der Waals surface area contributed by atoms with Crippen molar-refractivity contribution in [3.05, 3.63) is 30.3 Å². The predicted octanol–water partition coefficient (Wildman–Crippen LogP) is 1.62. The Morgan fingerprint density at radius 1 is 1.36 bits per heavy atom. The van der Waals surface area contributed by atoms with Crippen molar-refractivity contribution in [3.8, 4) is 5.88 Å². The molecular weight excluding hydrogens is 287 g/mol. The first-order valence-corrected chi connectivity index (χ1v) is 7.13. The minimum absolute atomic E-state index is 0.137. The number of piperidine rings is 1. The molecule has 4 N–H and O–H groups in total. The van der Waals surface area contributed by atoms with Crippen LogP contribution in [-0.2, 0) is 0 Å². The molecular formula is C14H17FN6O. The van der Waals surface area contributed by atoms with Crippen LogP contribution in [0.4, 0.5) is 21.8 Å². The molecule has 0 unspecified atom stereocenters. The number of nitrogens with zero attached hydrogens (tertiary/aromatic N) is 3. The maximum absolute atomic E-state index is 13.8. The van der Waals surface area contributed by atoms with E-state index in [0.29, 0.717) is 5.69 Å². The van der Waals surface area contributed by atoms with Crippen molar-refractivity contribution in [2.24, 2.45) is 0 Å². The third-order valence-corrected chi connectivity index (χ3v) is 3.41. The van der Waals surface area contributed by atoms with Gasteiger partial charge in [0.15, 0.2) is 11.6 Å². The number of nitrogens with one attached hydrogen (secondary N) is 3. The minimum Gasteiger partial charge on any atom is -0.492 e. The van der Waals surface area contributed by atoms with E-state index in [0.717, 1.165) is 32.1 Å². The molecule has 0 bridgehead atoms. The van der Waals surface area contributed by atoms with Gasteiger partial charge in [0.1, 0.15) is 5.69 Å². The molecule has 1 saturated heterocycles. The van der Waals surface area contributed by atoms with Gasteiger partial charge in [0.2, 0.25) is 11.8 Å². The fraction of sp³-hybridized carbons (Fsp3) is 0.357. The van der Waals surface area contributed by atoms with E-state index in [4.69, 9.17) is 0 Å². The number of hydrogen-bond acceptors (Lipinski definition) is 7. The highest BCUT2D eigenvalue weighted by atomic mass is 19.1. The number of aromatic nitrogens is 3. The third-order valence-electron chi connectivity index (χ3n) is 3.41. The topological polar surface area (TPSA) is 95.0 Å². The molecule has 0 aromatic carbocycles. The number of aromatic hydroxyl groups is 1. The smallest absolute Gasteiger partial charge is 0.235 e. The summed E-state index contributed by atoms with van der Waals surface area (Å²) in [6.07, 6.45) is 4.57. The summed E-state index contributed by atoms with van der Waals surface area (Å²) in [6, 6.07) is 3.43. The predicted molar refractivity (Wildman–Crippen MR) is 80.7 cm³/mol. The maximum atomic E-state index is 13.8. The van der Waals surface area contributed by atoms with Crippen molar-refractivity contribution in [2.75, 3.05) is 23.7 Å². The summed E-state index contributed by atoms with van der Waals surface area (Å²) in [4.78, 5) is 11.8. The second kappa shape index (κ2) is 6.52. The van der Waals surface area contributed by atoms with Crippen LogP contribution in [0, 0.1) is 5.82 Å². The average molecular weight is 304 g/mol. The molecule has 22 heavy (non-hydrogen) atoms. The van der Waals surface area contributed by atoms with Gasteiger partial charge in [-0.05, 0) is 31.5 Å². The van der Waals surface area contributed by atoms with E-state index in [-0.39, 0.29) is 23.7 Å². The van der Waals surface area contributed by atoms with Crippen LogP contribution in [0.2, 0.25) is 0 Å². The minimum atomic E-state index is -0.508. The molecule has 8 heteroatoms. The Hall–Kier alpha value is -2.48. The fourth-order valence-corrected chi connectivity index (χ4v) is 2.31. The summed E-state index contributed by atoms with van der Waals surface area (Å²) in [5, 5.41) is 18.8. The van der Waals surface area contributed by atoms with Gasteiger partial charge >= 0.3 is 0 Å². The molecule has 7 nitrogen and oxygen atoms in total. The van der Waals surface area contributed by atoms with Gasteiger partial charge < -0.3 is 21.1 Å². The zero-order chi connectivity index (χ0) is 15.4. The molecule has 0 saturated carbocycles. The monoisotopic (exact) mass is 304 g/mol. The molecule has 0 amide bonds. The normalized spacial score (nSPS) is 18.0. The Bertz CT molecular complexity index is 647. The standard InChI is InChI=1S/C14H17FN6O/c15-10-8-18-14(20-11-4-2-6-17-13(11)22)21-12(10)19-9-3-1-5-16-7-9/h2,4,6,8-9,16H,1,3,5,7H2,(H,17,22)(H2,18,19,20,21)/t9-/m1/s1. The molecule has 1 aliphatic heterocycles. The lowest BCUT2D eigenvalue weighted by Crippen LogP contribution is -2.38. The average Bonchev–Trinajstić information content (AvgIpc) is 2.54. The first-order chi connectivity index (χ1) is 10.7. The van der Waals surface area contributed by atoms with Gasteiger partial charge in [-0.1, -0.05) is 0 Å². The van der Waals surface area contributed by atoms with Crippen molar-refractivity contribution in [1.82, 2.24) is 20.3 Å². The van der Waals surface area contributed by atoms with Crippen LogP contribution in [0.3, 0.4) is 0 Å². The van der Waals surface area contributed by atoms with Crippen molar-refractivity contribution in [3.63, 3.8) is 0 Å². The largest absolute Gasteiger partial charge is 0.492 e. The quantitative estimate of drug-likeness (QED) is 0.682. The van der Waals surface area contributed by atoms with Crippen LogP contribution in [0.5, 0.6) is 5.88 Å². The van der Waals surface area contributed by atoms with Gasteiger partial charge in [-0.2, -0.15) is 4.98 Å². The van der Waals surface area contributed by atoms with Crippen LogP contribution in [0.15, 0.2) is 24.5 Å². The highest BCUT2D eigenvalue weighted by Gasteiger charge is 2.16. The highest BCUT2D eigenvalue weighted by Crippen LogP contribution is 2.23. The van der Waals surface area contributed by atoms with Crippen molar-refractivity contribution in [2.45, 2.75) is 18.9 Å². The first-order valence-electron chi connectivity index (χ1n) is 7.13. The van der Waals surface area contributed by atoms with Gasteiger partial charge in [0, 0.05) is 18.8 Å². The van der Waals surface area contributed by atoms with E-state index in [1.165, 1.54) is 6.20 Å². The summed E-state index contributed by atoms with van der Waals surface area (Å²) in [5.74, 6) is -0.335. The van der Waals surface area contributed by atoms with E-state index in [2.05, 4.69) is 30.9 Å². The van der Waals surface area contributed by atoms with Crippen LogP contribution >= 0.6 is 0 Å². The molecule has 2 aromatic rings. The molecule has 116 valence electrons. The lowest BCUT2D eigenvalue weighted by molar-refractivity contribution is 0.456. The lowest BCUT2D eigenvalue weighted by Gasteiger charge is -2.24. The van der Waals surface area contributed by atoms with E-state index >= 15 is 0 Å². The highest BCUT2D eigenvalue weighted by molar-refractivity contribution is 5.59. The summed E-state index contributed by atoms with van der Waals surface area (Å²) in [5.41, 5.74) is 0.361. The zero-order valence-electron chi connectivity index (χ0n) is 11.9. The maximum Gasteiger partial charge on any atom is 0.235 e. The summed E-state index contributed by atoms with van der Waals surface area (Å²) >= 11 is 0. The molecule has 3 heterocycles. The van der Waals surface area contributed by atoms with Crippen molar-refractivity contribution >= 4 is 17.5 Å².